The van der Waals surface area contributed by atoms with Gasteiger partial charge in [-0.2, -0.15) is 23.7 Å². The third-order valence-electron chi connectivity index (χ3n) is 13.6. The lowest BCUT2D eigenvalue weighted by molar-refractivity contribution is -0.138. The van der Waals surface area contributed by atoms with Gasteiger partial charge >= 0.3 is 5.97 Å². The molecular weight excluding hydrogens is 1180 g/mol. The molecule has 29 heteroatoms. The van der Waals surface area contributed by atoms with Crippen LogP contribution in [-0.2, 0) is 54.6 Å². The van der Waals surface area contributed by atoms with Crippen molar-refractivity contribution in [1.82, 2.24) is 69.6 Å². The number of aromatic nitrogens is 12. The smallest absolute Gasteiger partial charge is 0.325 e. The van der Waals surface area contributed by atoms with E-state index in [2.05, 4.69) is 88.4 Å². The number of nitrogens with one attached hydrogen (secondary N) is 3. The Morgan fingerprint density at radius 3 is 1.56 bits per heavy atom. The summed E-state index contributed by atoms with van der Waals surface area (Å²) in [7, 11) is 0. The summed E-state index contributed by atoms with van der Waals surface area (Å²) in [6, 6.07) is 10.8. The van der Waals surface area contributed by atoms with Gasteiger partial charge in [-0.1, -0.05) is 42.8 Å². The average Bonchev–Trinajstić information content (AvgIpc) is 2.65. The third kappa shape index (κ3) is 14.8. The Hall–Kier alpha value is -7.46. The first-order valence-electron chi connectivity index (χ1n) is 24.6. The first-order valence-corrected chi connectivity index (χ1v) is 26.7. The lowest BCUT2D eigenvalue weighted by Crippen LogP contribution is -2.46. The van der Waals surface area contributed by atoms with E-state index in [1.165, 1.54) is 54.4 Å². The summed E-state index contributed by atoms with van der Waals surface area (Å²) in [6.45, 7) is 6.08. The number of carbonyl (C=O) groups excluding carboxylic acids is 5. The maximum absolute atomic E-state index is 13.6. The maximum atomic E-state index is 13.6. The van der Waals surface area contributed by atoms with E-state index in [9.17, 15) is 28.8 Å². The second kappa shape index (κ2) is 27.5. The minimum atomic E-state index is -1.01. The van der Waals surface area contributed by atoms with Gasteiger partial charge in [-0.3, -0.25) is 48.1 Å². The topological polar surface area (TPSA) is 301 Å². The van der Waals surface area contributed by atoms with E-state index >= 15 is 0 Å². The number of aryl methyl sites for hydroxylation is 2. The molecule has 6 atom stereocenters. The zero-order valence-corrected chi connectivity index (χ0v) is 48.4. The maximum Gasteiger partial charge on any atom is 0.325 e. The highest BCUT2D eigenvalue weighted by molar-refractivity contribution is 8.07. The molecule has 2 aliphatic heterocycles. The second-order valence-corrected chi connectivity index (χ2v) is 19.9. The van der Waals surface area contributed by atoms with E-state index < -0.39 is 12.0 Å². The number of benzene rings is 2. The molecule has 0 unspecified atom stereocenters. The van der Waals surface area contributed by atoms with Crippen molar-refractivity contribution in [3.8, 4) is 22.3 Å². The Balaban J connectivity index is 0.000000210. The molecule has 8 aromatic rings. The van der Waals surface area contributed by atoms with Crippen LogP contribution in [0.1, 0.15) is 79.6 Å². The van der Waals surface area contributed by atoms with Gasteiger partial charge in [0.25, 0.3) is 0 Å². The van der Waals surface area contributed by atoms with Gasteiger partial charge in [0, 0.05) is 95.0 Å². The molecule has 4 fully saturated rings. The average molecular weight is 1230 g/mol. The Bertz CT molecular complexity index is 3680. The van der Waals surface area contributed by atoms with Gasteiger partial charge in [0.2, 0.25) is 17.7 Å². The number of Topliss-reactive ketones (excluding diaryl/α,β-unsaturated/α-hetero) is 2. The van der Waals surface area contributed by atoms with E-state index in [1.54, 1.807) is 42.7 Å². The summed E-state index contributed by atoms with van der Waals surface area (Å²) >= 11 is 18.9. The quantitative estimate of drug-likeness (QED) is 0.0883. The number of rotatable bonds is 12. The number of carboxylic acid groups (broad SMARTS) is 1. The molecule has 2 saturated heterocycles. The number of carboxylic acids is 1. The summed E-state index contributed by atoms with van der Waals surface area (Å²) < 4.78 is 2.86. The molecule has 6 aromatic heterocycles. The predicted octanol–water partition coefficient (Wildman–Crippen LogP) is 7.15. The van der Waals surface area contributed by atoms with Crippen LogP contribution in [0.3, 0.4) is 0 Å². The van der Waals surface area contributed by atoms with Crippen molar-refractivity contribution in [2.75, 3.05) is 10.6 Å². The summed E-state index contributed by atoms with van der Waals surface area (Å²) in [5.41, 5.74) is 5.11. The van der Waals surface area contributed by atoms with Crippen LogP contribution in [-0.4, -0.2) is 129 Å². The normalized spacial score (nSPS) is 18.3. The number of piperidine rings is 2. The van der Waals surface area contributed by atoms with Crippen LogP contribution >= 0.6 is 49.1 Å². The molecule has 428 valence electrons. The standard InChI is InChI=1S/C26H23ClN8O3.C16H14N4O3.C10H11ClN4O.CH4.ClH.S2.H2S/c1-13(36)25-18-5-15(17-8-29-14(2)30-9-17)3-4-19(18)34(33-25)12-24(37)35-20-6-16(20)7-21(35)26(38)32-23-11-28-10-22(27)31-23;1-9(21)16-13-5-11(12-6-17-10(2)18-7-12)3-4-14(13)20(19-16)8-15(22)23;11-8-3-12-4-9(14-8)15-10(16)7-2-5-1-6(5)13-7;;;1-2;/h3-5,8-11,16,20-21H,6-7,12H2,1-2H3,(H,31,32,38);3-7H,8H2,1-2H3,(H,22,23);3-7,13H,1-2H2,(H,14,15,16);1H4;1H;;1H2/t16-,20-,21+;;5-,6-,7+;;;;/m1.1..../s1. The molecule has 0 radical (unpaired) electrons. The number of fused-ring (bicyclic) bond motifs is 4. The van der Waals surface area contributed by atoms with Gasteiger partial charge in [-0.05, 0) is 86.8 Å². The summed E-state index contributed by atoms with van der Waals surface area (Å²) in [5.74, 6) is 0.913. The SMILES string of the molecule is C.CC(=O)c1nn(CC(=O)N2[C@@H]3C[C@@H]3C[C@H]2C(=O)Nc2cncc(Cl)n2)c2ccc(-c3cnc(C)nc3)cc12.CC(=O)c1nn(CC(=O)O)c2ccc(-c3cnc(C)nc3)cc12.Cl.O=C(Nc1cncc(Cl)n1)[C@@H]1C[C@H]2C[C@H]2N1.S.S=S. The van der Waals surface area contributed by atoms with Gasteiger partial charge in [0.1, 0.15) is 52.5 Å². The highest BCUT2D eigenvalue weighted by Gasteiger charge is 2.56. The van der Waals surface area contributed by atoms with Crippen LogP contribution < -0.4 is 16.0 Å². The number of nitrogens with zero attached hydrogens (tertiary/aromatic N) is 13. The fourth-order valence-electron chi connectivity index (χ4n) is 9.70. The molecule has 0 spiro atoms. The second-order valence-electron chi connectivity index (χ2n) is 19.1. The molecule has 8 heterocycles. The van der Waals surface area contributed by atoms with Gasteiger partial charge in [-0.15, -0.1) is 12.4 Å². The van der Waals surface area contributed by atoms with Crippen molar-refractivity contribution >= 4 is 140 Å². The van der Waals surface area contributed by atoms with Crippen LogP contribution in [0.25, 0.3) is 44.1 Å². The fraction of sp³-hybridized carbons (Fsp3) is 0.321. The number of ketones is 2. The summed E-state index contributed by atoms with van der Waals surface area (Å²) in [5, 5.41) is 28.0. The molecule has 4 aliphatic rings. The molecule has 12 rings (SSSR count). The van der Waals surface area contributed by atoms with Gasteiger partial charge in [-0.25, -0.2) is 29.9 Å². The van der Waals surface area contributed by atoms with E-state index in [0.29, 0.717) is 63.6 Å². The largest absolute Gasteiger partial charge is 0.480 e. The molecule has 0 bridgehead atoms. The number of carbonyl (C=O) groups is 6. The summed E-state index contributed by atoms with van der Waals surface area (Å²) in [6.07, 6.45) is 16.1. The number of anilines is 2. The van der Waals surface area contributed by atoms with Crippen molar-refractivity contribution in [1.29, 1.82) is 0 Å². The third-order valence-corrected chi connectivity index (χ3v) is 13.9. The van der Waals surface area contributed by atoms with Gasteiger partial charge < -0.3 is 26.0 Å². The van der Waals surface area contributed by atoms with Gasteiger partial charge in [0.05, 0.1) is 41.9 Å². The van der Waals surface area contributed by atoms with Crippen LogP contribution in [0.4, 0.5) is 11.6 Å². The number of halogens is 3. The van der Waals surface area contributed by atoms with E-state index in [1.807, 2.05) is 37.3 Å². The highest BCUT2D eigenvalue weighted by atomic mass is 35.5. The van der Waals surface area contributed by atoms with E-state index in [-0.39, 0.29) is 115 Å². The number of amides is 3. The minimum Gasteiger partial charge on any atom is -0.480 e. The lowest BCUT2D eigenvalue weighted by Gasteiger charge is -2.26. The molecule has 23 nitrogen and oxygen atoms in total. The molecular formula is C53H55Cl3N16O7S3. The van der Waals surface area contributed by atoms with Crippen LogP contribution in [0.2, 0.25) is 10.3 Å². The van der Waals surface area contributed by atoms with Crippen LogP contribution in [0.15, 0.2) is 86.0 Å². The van der Waals surface area contributed by atoms with Gasteiger partial charge in [0.15, 0.2) is 23.2 Å². The number of hydrogen-bond acceptors (Lipinski definition) is 19. The van der Waals surface area contributed by atoms with E-state index in [0.717, 1.165) is 35.1 Å². The molecule has 82 heavy (non-hydrogen) atoms. The first kappa shape index (κ1) is 63.7. The molecule has 2 aromatic carbocycles. The van der Waals surface area contributed by atoms with Crippen LogP contribution in [0.5, 0.6) is 0 Å². The molecule has 2 saturated carbocycles. The van der Waals surface area contributed by atoms with Crippen molar-refractivity contribution in [3.63, 3.8) is 0 Å². The molecule has 2 aliphatic carbocycles. The molecule has 4 N–H and O–H groups in total. The van der Waals surface area contributed by atoms with Crippen molar-refractivity contribution < 1.29 is 33.9 Å². The highest BCUT2D eigenvalue weighted by Crippen LogP contribution is 2.48. The lowest BCUT2D eigenvalue weighted by atomic mass is 10.0. The fourth-order valence-corrected chi connectivity index (χ4v) is 10.00. The van der Waals surface area contributed by atoms with E-state index in [4.69, 9.17) is 28.3 Å². The van der Waals surface area contributed by atoms with Crippen molar-refractivity contribution in [2.45, 2.75) is 98.1 Å². The van der Waals surface area contributed by atoms with Crippen LogP contribution in [0, 0.1) is 25.7 Å². The number of likely N-dealkylation sites (tertiary alicyclic amines) is 1. The Morgan fingerprint density at radius 2 is 1.12 bits per heavy atom. The Labute approximate surface area is 502 Å². The predicted molar refractivity (Wildman–Crippen MR) is 320 cm³/mol. The molecule has 3 amide bonds. The minimum absolute atomic E-state index is 0. The first-order chi connectivity index (χ1) is 38.0. The van der Waals surface area contributed by atoms with Crippen molar-refractivity contribution in [2.24, 2.45) is 11.8 Å². The zero-order valence-electron chi connectivity index (χ0n) is 43.5. The Kier molecular flexibility index (Phi) is 21.4. The summed E-state index contributed by atoms with van der Waals surface area (Å²) in [4.78, 5) is 108. The monoisotopic (exact) mass is 1230 g/mol. The zero-order chi connectivity index (χ0) is 56.2. The Morgan fingerprint density at radius 1 is 0.646 bits per heavy atom. The number of aliphatic carboxylic acids is 1. The number of hydrogen-bond donors (Lipinski definition) is 4. The van der Waals surface area contributed by atoms with Crippen molar-refractivity contribution in [3.05, 3.63) is 119 Å².